The van der Waals surface area contributed by atoms with Gasteiger partial charge in [-0.05, 0) is 66.1 Å². The number of imide groups is 2. The van der Waals surface area contributed by atoms with Crippen LogP contribution in [-0.2, 0) is 22.8 Å². The highest BCUT2D eigenvalue weighted by molar-refractivity contribution is 6.39. The molecule has 0 unspecified atom stereocenters. The molecule has 0 aliphatic carbocycles. The molecule has 0 aromatic heterocycles. The van der Waals surface area contributed by atoms with Crippen molar-refractivity contribution in [2.75, 3.05) is 4.90 Å². The highest BCUT2D eigenvalue weighted by Crippen LogP contribution is 2.25. The van der Waals surface area contributed by atoms with Gasteiger partial charge in [-0.2, -0.15) is 0 Å². The van der Waals surface area contributed by atoms with E-state index in [2.05, 4.69) is 5.32 Å². The summed E-state index contributed by atoms with van der Waals surface area (Å²) in [7, 11) is 0. The average Bonchev–Trinajstić information content (AvgIpc) is 2.95. The van der Waals surface area contributed by atoms with Crippen LogP contribution >= 0.6 is 0 Å². The smallest absolute Gasteiger partial charge is 0.335 e. The Morgan fingerprint density at radius 1 is 0.692 bits per heavy atom. The van der Waals surface area contributed by atoms with E-state index < -0.39 is 17.8 Å². The lowest BCUT2D eigenvalue weighted by Crippen LogP contribution is -2.54. The van der Waals surface area contributed by atoms with Crippen LogP contribution in [-0.4, -0.2) is 17.8 Å². The number of anilines is 1. The summed E-state index contributed by atoms with van der Waals surface area (Å²) in [5.41, 5.74) is 4.05. The minimum atomic E-state index is -0.806. The minimum Gasteiger partial charge on any atom is -0.489 e. The van der Waals surface area contributed by atoms with E-state index in [9.17, 15) is 14.4 Å². The number of urea groups is 1. The first-order valence-corrected chi connectivity index (χ1v) is 12.4. The summed E-state index contributed by atoms with van der Waals surface area (Å²) in [5, 5.41) is 2.25. The summed E-state index contributed by atoms with van der Waals surface area (Å²) in [4.78, 5) is 39.2. The van der Waals surface area contributed by atoms with Crippen molar-refractivity contribution in [1.82, 2.24) is 5.32 Å². The second-order valence-corrected chi connectivity index (χ2v) is 9.07. The summed E-state index contributed by atoms with van der Waals surface area (Å²) >= 11 is 0. The Morgan fingerprint density at radius 2 is 1.26 bits per heavy atom. The fourth-order valence-corrected chi connectivity index (χ4v) is 4.00. The molecule has 4 amide bonds. The van der Waals surface area contributed by atoms with Crippen molar-refractivity contribution < 1.29 is 23.9 Å². The number of rotatable bonds is 8. The van der Waals surface area contributed by atoms with Gasteiger partial charge < -0.3 is 9.47 Å². The fourth-order valence-electron chi connectivity index (χ4n) is 4.00. The third-order valence-corrected chi connectivity index (χ3v) is 6.16. The van der Waals surface area contributed by atoms with Crippen LogP contribution in [0.15, 0.2) is 109 Å². The monoisotopic (exact) mass is 518 g/mol. The zero-order valence-corrected chi connectivity index (χ0v) is 21.3. The molecule has 1 heterocycles. The van der Waals surface area contributed by atoms with Crippen molar-refractivity contribution in [2.24, 2.45) is 0 Å². The van der Waals surface area contributed by atoms with E-state index in [4.69, 9.17) is 9.47 Å². The Hall–Kier alpha value is -5.17. The van der Waals surface area contributed by atoms with Gasteiger partial charge in [0.25, 0.3) is 11.8 Å². The molecule has 0 bridgehead atoms. The number of carbonyl (C=O) groups is 3. The maximum absolute atomic E-state index is 13.2. The Morgan fingerprint density at radius 3 is 1.87 bits per heavy atom. The van der Waals surface area contributed by atoms with Gasteiger partial charge in [-0.15, -0.1) is 0 Å². The van der Waals surface area contributed by atoms with Crippen LogP contribution in [0.25, 0.3) is 6.08 Å². The quantitative estimate of drug-likeness (QED) is 0.235. The van der Waals surface area contributed by atoms with Gasteiger partial charge in [0.1, 0.15) is 30.3 Å². The number of nitrogens with one attached hydrogen (secondary N) is 1. The molecule has 194 valence electrons. The van der Waals surface area contributed by atoms with Gasteiger partial charge in [0.15, 0.2) is 0 Å². The molecule has 1 aliphatic rings. The van der Waals surface area contributed by atoms with E-state index in [0.717, 1.165) is 16.0 Å². The van der Waals surface area contributed by atoms with Crippen molar-refractivity contribution in [2.45, 2.75) is 20.1 Å². The van der Waals surface area contributed by atoms with Gasteiger partial charge in [-0.3, -0.25) is 14.9 Å². The van der Waals surface area contributed by atoms with E-state index in [1.165, 1.54) is 11.6 Å². The van der Waals surface area contributed by atoms with Gasteiger partial charge >= 0.3 is 6.03 Å². The predicted octanol–water partition coefficient (Wildman–Crippen LogP) is 5.82. The van der Waals surface area contributed by atoms with Crippen LogP contribution in [0.2, 0.25) is 0 Å². The standard InChI is InChI=1S/C32H26N2O5/c1-22-7-9-25(10-8-22)21-39-27-15-11-23(12-16-27)19-29-30(35)33-32(37)34(31(29)36)26-13-17-28(18-14-26)38-20-24-5-3-2-4-6-24/h2-19H,20-21H2,1H3,(H,33,35,37)/b29-19+. The molecule has 7 heteroatoms. The third-order valence-electron chi connectivity index (χ3n) is 6.16. The maximum Gasteiger partial charge on any atom is 0.335 e. The highest BCUT2D eigenvalue weighted by atomic mass is 16.5. The lowest BCUT2D eigenvalue weighted by Gasteiger charge is -2.26. The number of hydrogen-bond donors (Lipinski definition) is 1. The molecule has 1 fully saturated rings. The second-order valence-electron chi connectivity index (χ2n) is 9.07. The largest absolute Gasteiger partial charge is 0.489 e. The number of amides is 4. The molecule has 0 saturated carbocycles. The number of aryl methyl sites for hydroxylation is 1. The fraction of sp³-hybridized carbons (Fsp3) is 0.0938. The number of barbiturate groups is 1. The van der Waals surface area contributed by atoms with Gasteiger partial charge in [0, 0.05) is 0 Å². The number of carbonyl (C=O) groups excluding carboxylic acids is 3. The van der Waals surface area contributed by atoms with E-state index in [-0.39, 0.29) is 5.57 Å². The average molecular weight is 519 g/mol. The first kappa shape index (κ1) is 25.5. The predicted molar refractivity (Wildman–Crippen MR) is 148 cm³/mol. The van der Waals surface area contributed by atoms with Gasteiger partial charge in [-0.25, -0.2) is 9.69 Å². The molecule has 0 atom stereocenters. The Balaban J connectivity index is 1.26. The lowest BCUT2D eigenvalue weighted by molar-refractivity contribution is -0.122. The zero-order chi connectivity index (χ0) is 27.2. The Labute approximate surface area is 226 Å². The van der Waals surface area contributed by atoms with Crippen molar-refractivity contribution in [1.29, 1.82) is 0 Å². The van der Waals surface area contributed by atoms with Crippen molar-refractivity contribution >= 4 is 29.6 Å². The third kappa shape index (κ3) is 6.22. The van der Waals surface area contributed by atoms with Crippen LogP contribution < -0.4 is 19.7 Å². The van der Waals surface area contributed by atoms with Gasteiger partial charge in [-0.1, -0.05) is 72.3 Å². The summed E-state index contributed by atoms with van der Waals surface area (Å²) in [6.07, 6.45) is 1.46. The second kappa shape index (κ2) is 11.5. The van der Waals surface area contributed by atoms with Crippen LogP contribution in [0.3, 0.4) is 0 Å². The molecule has 4 aromatic rings. The van der Waals surface area contributed by atoms with E-state index in [1.54, 1.807) is 48.5 Å². The van der Waals surface area contributed by atoms with Crippen molar-refractivity contribution in [3.63, 3.8) is 0 Å². The number of benzene rings is 4. The van der Waals surface area contributed by atoms with E-state index >= 15 is 0 Å². The number of nitrogens with zero attached hydrogens (tertiary/aromatic N) is 1. The van der Waals surface area contributed by atoms with Crippen LogP contribution in [0.5, 0.6) is 11.5 Å². The first-order chi connectivity index (χ1) is 19.0. The molecule has 0 radical (unpaired) electrons. The van der Waals surface area contributed by atoms with Crippen molar-refractivity contribution in [3.05, 3.63) is 131 Å². The normalized spacial score (nSPS) is 14.3. The molecular formula is C32H26N2O5. The molecule has 4 aromatic carbocycles. The Kier molecular flexibility index (Phi) is 7.50. The molecule has 1 N–H and O–H groups in total. The molecule has 1 aliphatic heterocycles. The minimum absolute atomic E-state index is 0.146. The summed E-state index contributed by atoms with van der Waals surface area (Å²) < 4.78 is 11.6. The SMILES string of the molecule is Cc1ccc(COc2ccc(/C=C3\C(=O)NC(=O)N(c4ccc(OCc5ccccc5)cc4)C3=O)cc2)cc1. The van der Waals surface area contributed by atoms with Gasteiger partial charge in [0.2, 0.25) is 0 Å². The molecule has 39 heavy (non-hydrogen) atoms. The summed E-state index contributed by atoms with van der Waals surface area (Å²) in [6.45, 7) is 2.85. The van der Waals surface area contributed by atoms with Gasteiger partial charge in [0.05, 0.1) is 5.69 Å². The zero-order valence-electron chi connectivity index (χ0n) is 21.3. The number of ether oxygens (including phenoxy) is 2. The first-order valence-electron chi connectivity index (χ1n) is 12.4. The van der Waals surface area contributed by atoms with Crippen LogP contribution in [0.1, 0.15) is 22.3 Å². The highest BCUT2D eigenvalue weighted by Gasteiger charge is 2.36. The Bertz CT molecular complexity index is 1510. The molecule has 0 spiro atoms. The topological polar surface area (TPSA) is 84.9 Å². The maximum atomic E-state index is 13.2. The van der Waals surface area contributed by atoms with E-state index in [1.807, 2.05) is 61.5 Å². The summed E-state index contributed by atoms with van der Waals surface area (Å²) in [6, 6.07) is 30.6. The molecular weight excluding hydrogens is 492 g/mol. The molecule has 1 saturated heterocycles. The lowest BCUT2D eigenvalue weighted by atomic mass is 10.1. The number of hydrogen-bond acceptors (Lipinski definition) is 5. The molecule has 5 rings (SSSR count). The van der Waals surface area contributed by atoms with Crippen LogP contribution in [0, 0.1) is 6.92 Å². The van der Waals surface area contributed by atoms with Crippen molar-refractivity contribution in [3.8, 4) is 11.5 Å². The summed E-state index contributed by atoms with van der Waals surface area (Å²) in [5.74, 6) is -0.210. The molecule has 7 nitrogen and oxygen atoms in total. The van der Waals surface area contributed by atoms with E-state index in [0.29, 0.717) is 36.0 Å². The van der Waals surface area contributed by atoms with Crippen LogP contribution in [0.4, 0.5) is 10.5 Å².